The summed E-state index contributed by atoms with van der Waals surface area (Å²) < 4.78 is 11.7. The predicted molar refractivity (Wildman–Crippen MR) is 106 cm³/mol. The third kappa shape index (κ3) is 3.83. The van der Waals surface area contributed by atoms with E-state index in [-0.39, 0.29) is 18.6 Å². The molecule has 142 valence electrons. The van der Waals surface area contributed by atoms with E-state index in [0.717, 1.165) is 11.3 Å². The van der Waals surface area contributed by atoms with Gasteiger partial charge in [-0.3, -0.25) is 9.78 Å². The first kappa shape index (κ1) is 18.0. The van der Waals surface area contributed by atoms with Crippen LogP contribution in [0, 0.1) is 0 Å². The Morgan fingerprint density at radius 2 is 1.75 bits per heavy atom. The van der Waals surface area contributed by atoms with Crippen molar-refractivity contribution >= 4 is 5.91 Å². The third-order valence-electron chi connectivity index (χ3n) is 4.88. The van der Waals surface area contributed by atoms with Gasteiger partial charge < -0.3 is 14.4 Å². The van der Waals surface area contributed by atoms with Crippen molar-refractivity contribution in [3.05, 3.63) is 90.3 Å². The number of ether oxygens (including phenoxy) is 2. The van der Waals surface area contributed by atoms with Gasteiger partial charge in [-0.25, -0.2) is 0 Å². The van der Waals surface area contributed by atoms with Crippen LogP contribution in [0.4, 0.5) is 0 Å². The van der Waals surface area contributed by atoms with Crippen LogP contribution in [0.1, 0.15) is 24.2 Å². The molecular weight excluding hydrogens is 352 g/mol. The maximum Gasteiger partial charge on any atom is 0.268 e. The average Bonchev–Trinajstić information content (AvgIpc) is 2.77. The molecule has 0 unspecified atom stereocenters. The highest BCUT2D eigenvalue weighted by Crippen LogP contribution is 2.32. The first-order valence-electron chi connectivity index (χ1n) is 9.36. The Morgan fingerprint density at radius 3 is 2.50 bits per heavy atom. The molecule has 1 aliphatic heterocycles. The molecule has 5 heteroatoms. The summed E-state index contributed by atoms with van der Waals surface area (Å²) in [6.07, 6.45) is 1.05. The van der Waals surface area contributed by atoms with Crippen molar-refractivity contribution in [3.8, 4) is 11.5 Å². The molecule has 2 heterocycles. The van der Waals surface area contributed by atoms with E-state index in [9.17, 15) is 4.79 Å². The number of hydrogen-bond donors (Lipinski definition) is 0. The lowest BCUT2D eigenvalue weighted by Crippen LogP contribution is -2.47. The van der Waals surface area contributed by atoms with Crippen LogP contribution in [0.3, 0.4) is 0 Å². The third-order valence-corrected chi connectivity index (χ3v) is 4.88. The number of benzene rings is 2. The second-order valence-electron chi connectivity index (χ2n) is 6.74. The predicted octanol–water partition coefficient (Wildman–Crippen LogP) is 4.01. The SMILES string of the molecule is C[C@@H](c1ccccc1)N(Cc1ccccn1)C(=O)[C@H]1COc2ccccc2O1. The Bertz CT molecular complexity index is 931. The Morgan fingerprint density at radius 1 is 1.04 bits per heavy atom. The molecular formula is C23H22N2O3. The number of pyridine rings is 1. The molecule has 0 N–H and O–H groups in total. The number of para-hydroxylation sites is 2. The zero-order chi connectivity index (χ0) is 19.3. The molecule has 0 fully saturated rings. The van der Waals surface area contributed by atoms with E-state index in [1.54, 1.807) is 11.1 Å². The second-order valence-corrected chi connectivity index (χ2v) is 6.74. The summed E-state index contributed by atoms with van der Waals surface area (Å²) in [5.41, 5.74) is 1.89. The lowest BCUT2D eigenvalue weighted by Gasteiger charge is -2.34. The molecule has 1 aliphatic rings. The van der Waals surface area contributed by atoms with Crippen molar-refractivity contribution in [3.63, 3.8) is 0 Å². The standard InChI is InChI=1S/C23H22N2O3/c1-17(18-9-3-2-4-10-18)25(15-19-11-7-8-14-24-19)23(26)22-16-27-20-12-5-6-13-21(20)28-22/h2-14,17,22H,15-16H2,1H3/t17-,22+/m0/s1. The van der Waals surface area contributed by atoms with Crippen LogP contribution in [0.5, 0.6) is 11.5 Å². The number of carbonyl (C=O) groups is 1. The largest absolute Gasteiger partial charge is 0.485 e. The summed E-state index contributed by atoms with van der Waals surface area (Å²) in [7, 11) is 0. The number of fused-ring (bicyclic) bond motifs is 1. The molecule has 1 amide bonds. The Hall–Kier alpha value is -3.34. The minimum Gasteiger partial charge on any atom is -0.485 e. The Kier molecular flexibility index (Phi) is 5.24. The highest BCUT2D eigenvalue weighted by Gasteiger charge is 2.33. The molecule has 2 aromatic carbocycles. The van der Waals surface area contributed by atoms with Crippen molar-refractivity contribution < 1.29 is 14.3 Å². The Balaban J connectivity index is 1.60. The van der Waals surface area contributed by atoms with E-state index in [4.69, 9.17) is 9.47 Å². The number of carbonyl (C=O) groups excluding carboxylic acids is 1. The Labute approximate surface area is 164 Å². The summed E-state index contributed by atoms with van der Waals surface area (Å²) in [6, 6.07) is 23.0. The maximum atomic E-state index is 13.4. The zero-order valence-electron chi connectivity index (χ0n) is 15.7. The van der Waals surface area contributed by atoms with Gasteiger partial charge in [-0.1, -0.05) is 48.5 Å². The fraction of sp³-hybridized carbons (Fsp3) is 0.217. The number of hydrogen-bond acceptors (Lipinski definition) is 4. The van der Waals surface area contributed by atoms with Gasteiger partial charge in [0.1, 0.15) is 6.61 Å². The molecule has 0 saturated heterocycles. The first-order valence-corrected chi connectivity index (χ1v) is 9.36. The molecule has 2 atom stereocenters. The second kappa shape index (κ2) is 8.13. The van der Waals surface area contributed by atoms with Crippen LogP contribution in [-0.2, 0) is 11.3 Å². The highest BCUT2D eigenvalue weighted by molar-refractivity contribution is 5.82. The van der Waals surface area contributed by atoms with Gasteiger partial charge in [0.05, 0.1) is 18.3 Å². The summed E-state index contributed by atoms with van der Waals surface area (Å²) >= 11 is 0. The lowest BCUT2D eigenvalue weighted by atomic mass is 10.1. The van der Waals surface area contributed by atoms with E-state index in [0.29, 0.717) is 18.0 Å². The van der Waals surface area contributed by atoms with Gasteiger partial charge in [0.25, 0.3) is 5.91 Å². The van der Waals surface area contributed by atoms with Crippen LogP contribution in [-0.4, -0.2) is 28.5 Å². The molecule has 28 heavy (non-hydrogen) atoms. The summed E-state index contributed by atoms with van der Waals surface area (Å²) in [5.74, 6) is 1.15. The van der Waals surface area contributed by atoms with E-state index in [1.807, 2.05) is 79.7 Å². The zero-order valence-corrected chi connectivity index (χ0v) is 15.7. The normalized spacial score (nSPS) is 16.2. The van der Waals surface area contributed by atoms with Gasteiger partial charge in [-0.05, 0) is 36.8 Å². The molecule has 0 saturated carbocycles. The van der Waals surface area contributed by atoms with Crippen LogP contribution in [0.15, 0.2) is 79.0 Å². The van der Waals surface area contributed by atoms with Gasteiger partial charge in [-0.2, -0.15) is 0 Å². The van der Waals surface area contributed by atoms with Crippen molar-refractivity contribution in [1.82, 2.24) is 9.88 Å². The molecule has 3 aromatic rings. The van der Waals surface area contributed by atoms with Crippen molar-refractivity contribution in [2.75, 3.05) is 6.61 Å². The molecule has 0 radical (unpaired) electrons. The molecule has 0 aliphatic carbocycles. The van der Waals surface area contributed by atoms with E-state index < -0.39 is 6.10 Å². The molecule has 1 aromatic heterocycles. The topological polar surface area (TPSA) is 51.7 Å². The number of amides is 1. The summed E-state index contributed by atoms with van der Waals surface area (Å²) in [6.45, 7) is 2.61. The van der Waals surface area contributed by atoms with Crippen molar-refractivity contribution in [1.29, 1.82) is 0 Å². The fourth-order valence-corrected chi connectivity index (χ4v) is 3.31. The van der Waals surface area contributed by atoms with Crippen LogP contribution < -0.4 is 9.47 Å². The van der Waals surface area contributed by atoms with Gasteiger partial charge in [-0.15, -0.1) is 0 Å². The van der Waals surface area contributed by atoms with E-state index in [1.165, 1.54) is 0 Å². The smallest absolute Gasteiger partial charge is 0.268 e. The molecule has 5 nitrogen and oxygen atoms in total. The minimum absolute atomic E-state index is 0.114. The quantitative estimate of drug-likeness (QED) is 0.677. The van der Waals surface area contributed by atoms with Gasteiger partial charge in [0.2, 0.25) is 6.10 Å². The highest BCUT2D eigenvalue weighted by atomic mass is 16.6. The fourth-order valence-electron chi connectivity index (χ4n) is 3.31. The van der Waals surface area contributed by atoms with Crippen molar-refractivity contribution in [2.45, 2.75) is 25.6 Å². The number of aromatic nitrogens is 1. The van der Waals surface area contributed by atoms with Crippen molar-refractivity contribution in [2.24, 2.45) is 0 Å². The van der Waals surface area contributed by atoms with Gasteiger partial charge in [0, 0.05) is 6.20 Å². The first-order chi connectivity index (χ1) is 13.7. The molecule has 0 spiro atoms. The van der Waals surface area contributed by atoms with Crippen LogP contribution >= 0.6 is 0 Å². The van der Waals surface area contributed by atoms with Gasteiger partial charge in [0.15, 0.2) is 11.5 Å². The average molecular weight is 374 g/mol. The monoisotopic (exact) mass is 374 g/mol. The van der Waals surface area contributed by atoms with Crippen LogP contribution in [0.25, 0.3) is 0 Å². The van der Waals surface area contributed by atoms with E-state index >= 15 is 0 Å². The molecule has 4 rings (SSSR count). The van der Waals surface area contributed by atoms with Crippen LogP contribution in [0.2, 0.25) is 0 Å². The number of nitrogens with zero attached hydrogens (tertiary/aromatic N) is 2. The summed E-state index contributed by atoms with van der Waals surface area (Å²) in [4.78, 5) is 19.6. The summed E-state index contributed by atoms with van der Waals surface area (Å²) in [5, 5.41) is 0. The number of rotatable bonds is 5. The minimum atomic E-state index is -0.690. The molecule has 0 bridgehead atoms. The van der Waals surface area contributed by atoms with E-state index in [2.05, 4.69) is 4.98 Å². The lowest BCUT2D eigenvalue weighted by molar-refractivity contribution is -0.144. The maximum absolute atomic E-state index is 13.4. The van der Waals surface area contributed by atoms with Gasteiger partial charge >= 0.3 is 0 Å².